The van der Waals surface area contributed by atoms with E-state index in [-0.39, 0.29) is 5.41 Å². The highest BCUT2D eigenvalue weighted by Gasteiger charge is 2.33. The lowest BCUT2D eigenvalue weighted by Gasteiger charge is -2.24. The predicted molar refractivity (Wildman–Crippen MR) is 77.4 cm³/mol. The molecule has 1 aromatic rings. The van der Waals surface area contributed by atoms with Gasteiger partial charge in [0.05, 0.1) is 6.33 Å². The Kier molecular flexibility index (Phi) is 5.40. The normalized spacial score (nSPS) is 23.1. The zero-order chi connectivity index (χ0) is 13.6. The molecular formula is C15H27N3O. The molecule has 0 aliphatic carbocycles. The number of ether oxygens (including phenoxy) is 1. The summed E-state index contributed by atoms with van der Waals surface area (Å²) in [6.07, 6.45) is 8.63. The molecule has 1 N–H and O–H groups in total. The van der Waals surface area contributed by atoms with Gasteiger partial charge in [0.15, 0.2) is 0 Å². The molecule has 1 unspecified atom stereocenters. The predicted octanol–water partition coefficient (Wildman–Crippen LogP) is 2.34. The second-order valence-electron chi connectivity index (χ2n) is 5.78. The van der Waals surface area contributed by atoms with E-state index < -0.39 is 0 Å². The van der Waals surface area contributed by atoms with Crippen LogP contribution in [0.1, 0.15) is 45.2 Å². The lowest BCUT2D eigenvalue weighted by molar-refractivity contribution is 0.125. The van der Waals surface area contributed by atoms with E-state index in [0.717, 1.165) is 39.3 Å². The average molecular weight is 265 g/mol. The molecule has 1 aliphatic rings. The third kappa shape index (κ3) is 3.80. The van der Waals surface area contributed by atoms with E-state index in [1.807, 2.05) is 12.5 Å². The number of aromatic nitrogens is 2. The van der Waals surface area contributed by atoms with Crippen molar-refractivity contribution in [3.05, 3.63) is 18.2 Å². The van der Waals surface area contributed by atoms with E-state index in [0.29, 0.717) is 0 Å². The molecule has 0 spiro atoms. The molecule has 1 aliphatic heterocycles. The number of rotatable bonds is 8. The molecule has 0 saturated carbocycles. The molecule has 0 radical (unpaired) electrons. The minimum absolute atomic E-state index is 0.250. The van der Waals surface area contributed by atoms with Gasteiger partial charge in [-0.15, -0.1) is 0 Å². The lowest BCUT2D eigenvalue weighted by atomic mass is 9.86. The van der Waals surface area contributed by atoms with Crippen molar-refractivity contribution in [2.75, 3.05) is 26.3 Å². The minimum atomic E-state index is 0.250. The van der Waals surface area contributed by atoms with Crippen molar-refractivity contribution in [2.45, 2.75) is 51.5 Å². The van der Waals surface area contributed by atoms with Crippen molar-refractivity contribution in [1.82, 2.24) is 14.9 Å². The summed E-state index contributed by atoms with van der Waals surface area (Å²) in [7, 11) is 0. The van der Waals surface area contributed by atoms with Gasteiger partial charge in [0.2, 0.25) is 0 Å². The molecule has 0 amide bonds. The molecule has 1 atom stereocenters. The molecule has 2 heterocycles. The van der Waals surface area contributed by atoms with Gasteiger partial charge in [-0.2, -0.15) is 0 Å². The molecule has 1 aromatic heterocycles. The quantitative estimate of drug-likeness (QED) is 0.733. The molecule has 4 nitrogen and oxygen atoms in total. The largest absolute Gasteiger partial charge is 0.381 e. The van der Waals surface area contributed by atoms with Crippen molar-refractivity contribution in [3.8, 4) is 0 Å². The number of hydrogen-bond donors (Lipinski definition) is 1. The van der Waals surface area contributed by atoms with E-state index in [4.69, 9.17) is 4.74 Å². The second-order valence-corrected chi connectivity index (χ2v) is 5.78. The van der Waals surface area contributed by atoms with Crippen molar-refractivity contribution in [3.63, 3.8) is 0 Å². The standard InChI is InChI=1S/C15H27N3O/c1-3-4-9-19-10-5-8-18-13-17-11-14(18)15(2)6-7-16-12-15/h11,13,16H,3-10,12H2,1-2H3. The first kappa shape index (κ1) is 14.5. The first-order valence-corrected chi connectivity index (χ1v) is 7.55. The van der Waals surface area contributed by atoms with Crippen LogP contribution in [0.3, 0.4) is 0 Å². The maximum Gasteiger partial charge on any atom is 0.0948 e. The summed E-state index contributed by atoms with van der Waals surface area (Å²) >= 11 is 0. The summed E-state index contributed by atoms with van der Waals surface area (Å²) in [4.78, 5) is 4.33. The Hall–Kier alpha value is -0.870. The zero-order valence-electron chi connectivity index (χ0n) is 12.3. The maximum atomic E-state index is 5.62. The Balaban J connectivity index is 1.79. The molecular weight excluding hydrogens is 238 g/mol. The van der Waals surface area contributed by atoms with E-state index in [1.165, 1.54) is 25.0 Å². The minimum Gasteiger partial charge on any atom is -0.381 e. The highest BCUT2D eigenvalue weighted by Crippen LogP contribution is 2.29. The summed E-state index contributed by atoms with van der Waals surface area (Å²) in [5, 5.41) is 3.45. The van der Waals surface area contributed by atoms with Crippen LogP contribution in [0, 0.1) is 0 Å². The van der Waals surface area contributed by atoms with Gasteiger partial charge in [0.1, 0.15) is 0 Å². The number of unbranched alkanes of at least 4 members (excludes halogenated alkanes) is 1. The van der Waals surface area contributed by atoms with E-state index >= 15 is 0 Å². The number of imidazole rings is 1. The molecule has 19 heavy (non-hydrogen) atoms. The molecule has 0 bridgehead atoms. The van der Waals surface area contributed by atoms with E-state index in [9.17, 15) is 0 Å². The van der Waals surface area contributed by atoms with Gasteiger partial charge in [-0.05, 0) is 25.8 Å². The van der Waals surface area contributed by atoms with Crippen molar-refractivity contribution in [2.24, 2.45) is 0 Å². The Bertz CT molecular complexity index is 369. The Morgan fingerprint density at radius 2 is 2.26 bits per heavy atom. The molecule has 4 heteroatoms. The Labute approximate surface area is 116 Å². The van der Waals surface area contributed by atoms with Crippen LogP contribution in [-0.4, -0.2) is 35.9 Å². The lowest BCUT2D eigenvalue weighted by Crippen LogP contribution is -2.28. The summed E-state index contributed by atoms with van der Waals surface area (Å²) in [6.45, 7) is 9.46. The number of nitrogens with zero attached hydrogens (tertiary/aromatic N) is 2. The molecule has 2 rings (SSSR count). The van der Waals surface area contributed by atoms with Gasteiger partial charge < -0.3 is 14.6 Å². The average Bonchev–Trinajstić information content (AvgIpc) is 3.03. The van der Waals surface area contributed by atoms with Crippen molar-refractivity contribution in [1.29, 1.82) is 0 Å². The second kappa shape index (κ2) is 7.06. The number of hydrogen-bond acceptors (Lipinski definition) is 3. The van der Waals surface area contributed by atoms with Gasteiger partial charge in [0, 0.05) is 43.6 Å². The fraction of sp³-hybridized carbons (Fsp3) is 0.800. The van der Waals surface area contributed by atoms with Gasteiger partial charge in [-0.25, -0.2) is 4.98 Å². The molecule has 108 valence electrons. The van der Waals surface area contributed by atoms with Gasteiger partial charge in [0.25, 0.3) is 0 Å². The Morgan fingerprint density at radius 1 is 1.42 bits per heavy atom. The van der Waals surface area contributed by atoms with Crippen LogP contribution >= 0.6 is 0 Å². The van der Waals surface area contributed by atoms with Crippen LogP contribution < -0.4 is 5.32 Å². The summed E-state index contributed by atoms with van der Waals surface area (Å²) in [6, 6.07) is 0. The van der Waals surface area contributed by atoms with Crippen LogP contribution in [-0.2, 0) is 16.7 Å². The highest BCUT2D eigenvalue weighted by atomic mass is 16.5. The first-order valence-electron chi connectivity index (χ1n) is 7.55. The number of nitrogens with one attached hydrogen (secondary N) is 1. The SMILES string of the molecule is CCCCOCCCn1cncc1C1(C)CCNC1. The van der Waals surface area contributed by atoms with Crippen LogP contribution in [0.5, 0.6) is 0 Å². The third-order valence-electron chi connectivity index (χ3n) is 4.03. The van der Waals surface area contributed by atoms with Gasteiger partial charge >= 0.3 is 0 Å². The summed E-state index contributed by atoms with van der Waals surface area (Å²) < 4.78 is 7.92. The smallest absolute Gasteiger partial charge is 0.0948 e. The summed E-state index contributed by atoms with van der Waals surface area (Å²) in [5.41, 5.74) is 1.62. The van der Waals surface area contributed by atoms with E-state index in [2.05, 4.69) is 28.7 Å². The summed E-state index contributed by atoms with van der Waals surface area (Å²) in [5.74, 6) is 0. The van der Waals surface area contributed by atoms with Gasteiger partial charge in [-0.1, -0.05) is 20.3 Å². The van der Waals surface area contributed by atoms with Crippen molar-refractivity contribution >= 4 is 0 Å². The fourth-order valence-electron chi connectivity index (χ4n) is 2.72. The maximum absolute atomic E-state index is 5.62. The van der Waals surface area contributed by atoms with Crippen LogP contribution in [0.4, 0.5) is 0 Å². The van der Waals surface area contributed by atoms with Crippen LogP contribution in [0.2, 0.25) is 0 Å². The zero-order valence-corrected chi connectivity index (χ0v) is 12.3. The first-order chi connectivity index (χ1) is 9.26. The monoisotopic (exact) mass is 265 g/mol. The van der Waals surface area contributed by atoms with E-state index in [1.54, 1.807) is 0 Å². The molecule has 0 aromatic carbocycles. The fourth-order valence-corrected chi connectivity index (χ4v) is 2.72. The molecule has 1 saturated heterocycles. The molecule has 1 fully saturated rings. The number of aryl methyl sites for hydroxylation is 1. The van der Waals surface area contributed by atoms with Gasteiger partial charge in [-0.3, -0.25) is 0 Å². The highest BCUT2D eigenvalue weighted by molar-refractivity contribution is 5.17. The Morgan fingerprint density at radius 3 is 3.00 bits per heavy atom. The topological polar surface area (TPSA) is 39.1 Å². The van der Waals surface area contributed by atoms with Crippen LogP contribution in [0.25, 0.3) is 0 Å². The van der Waals surface area contributed by atoms with Crippen molar-refractivity contribution < 1.29 is 4.74 Å². The van der Waals surface area contributed by atoms with Crippen LogP contribution in [0.15, 0.2) is 12.5 Å². The third-order valence-corrected chi connectivity index (χ3v) is 4.03.